The van der Waals surface area contributed by atoms with Gasteiger partial charge in [-0.25, -0.2) is 0 Å². The number of Topliss-reactive ketones (excluding diaryl/α,β-unsaturated/α-hetero) is 1. The van der Waals surface area contributed by atoms with Gasteiger partial charge in [-0.15, -0.1) is 0 Å². The van der Waals surface area contributed by atoms with E-state index in [9.17, 15) is 9.59 Å². The van der Waals surface area contributed by atoms with Crippen molar-refractivity contribution in [2.75, 3.05) is 0 Å². The highest BCUT2D eigenvalue weighted by Crippen LogP contribution is 2.19. The van der Waals surface area contributed by atoms with Crippen LogP contribution in [0.2, 0.25) is 0 Å². The summed E-state index contributed by atoms with van der Waals surface area (Å²) < 4.78 is 0. The Balaban J connectivity index is 0.000000253. The third kappa shape index (κ3) is 10.6. The van der Waals surface area contributed by atoms with Crippen LogP contribution in [0.3, 0.4) is 0 Å². The summed E-state index contributed by atoms with van der Waals surface area (Å²) in [7, 11) is 0. The van der Waals surface area contributed by atoms with E-state index in [4.69, 9.17) is 0 Å². The van der Waals surface area contributed by atoms with Crippen molar-refractivity contribution in [2.45, 2.75) is 73.6 Å². The van der Waals surface area contributed by atoms with Crippen LogP contribution in [0.25, 0.3) is 12.2 Å². The van der Waals surface area contributed by atoms with E-state index in [0.717, 1.165) is 24.8 Å². The maximum Gasteiger partial charge on any atom is 0.160 e. The third-order valence-electron chi connectivity index (χ3n) is 5.74. The molecule has 0 radical (unpaired) electrons. The van der Waals surface area contributed by atoms with Crippen LogP contribution in [-0.2, 0) is 35.3 Å². The standard InChI is InChI=1S/C10H10O.C10H8O.C9H8.3C2H6/c2*11-10-6-5-8-3-1-2-4-9(8)7-10;1-2-5-9-7-3-6-8(9)4-1;3*1-2/h1-4H,5-7H2;1-6H,7H2;1-6H,7H2;3*1-2H3. The molecule has 37 heavy (non-hydrogen) atoms. The van der Waals surface area contributed by atoms with Gasteiger partial charge in [-0.2, -0.15) is 0 Å². The summed E-state index contributed by atoms with van der Waals surface area (Å²) in [6, 6.07) is 24.7. The quantitative estimate of drug-likeness (QED) is 0.311. The van der Waals surface area contributed by atoms with Gasteiger partial charge in [-0.3, -0.25) is 9.59 Å². The minimum absolute atomic E-state index is 0.198. The van der Waals surface area contributed by atoms with Gasteiger partial charge < -0.3 is 0 Å². The normalized spacial score (nSPS) is 13.0. The second-order valence-corrected chi connectivity index (χ2v) is 7.96. The lowest BCUT2D eigenvalue weighted by molar-refractivity contribution is -0.118. The first-order valence-corrected chi connectivity index (χ1v) is 13.8. The van der Waals surface area contributed by atoms with Crippen LogP contribution in [0.5, 0.6) is 0 Å². The molecule has 0 amide bonds. The predicted octanol–water partition coefficient (Wildman–Crippen LogP) is 8.90. The van der Waals surface area contributed by atoms with Crippen molar-refractivity contribution in [1.29, 1.82) is 0 Å². The lowest BCUT2D eigenvalue weighted by atomic mass is 9.91. The minimum Gasteiger partial charge on any atom is -0.299 e. The number of hydrogen-bond donors (Lipinski definition) is 0. The average Bonchev–Trinajstić information content (AvgIpc) is 3.46. The maximum atomic E-state index is 11.0. The van der Waals surface area contributed by atoms with E-state index in [1.54, 1.807) is 6.08 Å². The number of allylic oxidation sites excluding steroid dienone is 2. The summed E-state index contributed by atoms with van der Waals surface area (Å²) in [5, 5.41) is 0. The molecule has 6 rings (SSSR count). The van der Waals surface area contributed by atoms with E-state index in [-0.39, 0.29) is 5.78 Å². The molecule has 0 atom stereocenters. The maximum absolute atomic E-state index is 11.0. The highest BCUT2D eigenvalue weighted by Gasteiger charge is 2.13. The fourth-order valence-corrected chi connectivity index (χ4v) is 4.03. The number of hydrogen-bond acceptors (Lipinski definition) is 2. The van der Waals surface area contributed by atoms with Gasteiger partial charge in [-0.05, 0) is 52.3 Å². The molecule has 0 bridgehead atoms. The molecule has 2 heteroatoms. The van der Waals surface area contributed by atoms with Crippen LogP contribution in [0.4, 0.5) is 0 Å². The Kier molecular flexibility index (Phi) is 15.9. The first-order valence-electron chi connectivity index (χ1n) is 13.8. The Labute approximate surface area is 225 Å². The van der Waals surface area contributed by atoms with Crippen molar-refractivity contribution >= 4 is 23.7 Å². The van der Waals surface area contributed by atoms with Crippen LogP contribution in [0.1, 0.15) is 81.3 Å². The molecule has 3 aromatic rings. The summed E-state index contributed by atoms with van der Waals surface area (Å²) >= 11 is 0. The summed E-state index contributed by atoms with van der Waals surface area (Å²) in [5.41, 5.74) is 7.73. The zero-order valence-electron chi connectivity index (χ0n) is 23.6. The Morgan fingerprint density at radius 2 is 1.00 bits per heavy atom. The third-order valence-corrected chi connectivity index (χ3v) is 5.74. The van der Waals surface area contributed by atoms with Gasteiger partial charge in [0.2, 0.25) is 0 Å². The Hall–Kier alpha value is -3.52. The molecule has 2 nitrogen and oxygen atoms in total. The average molecular weight is 497 g/mol. The van der Waals surface area contributed by atoms with Gasteiger partial charge in [0.1, 0.15) is 5.78 Å². The number of ketones is 2. The van der Waals surface area contributed by atoms with E-state index in [1.807, 2.05) is 90.1 Å². The number of fused-ring (bicyclic) bond motifs is 3. The Morgan fingerprint density at radius 3 is 1.62 bits per heavy atom. The zero-order chi connectivity index (χ0) is 27.5. The van der Waals surface area contributed by atoms with Crippen molar-refractivity contribution in [3.63, 3.8) is 0 Å². The highest BCUT2D eigenvalue weighted by atomic mass is 16.1. The number of benzene rings is 3. The fourth-order valence-electron chi connectivity index (χ4n) is 4.03. The van der Waals surface area contributed by atoms with E-state index >= 15 is 0 Å². The molecule has 0 aromatic heterocycles. The number of aryl methyl sites for hydroxylation is 1. The molecule has 0 unspecified atom stereocenters. The summed E-state index contributed by atoms with van der Waals surface area (Å²) in [5.74, 6) is 0.576. The second-order valence-electron chi connectivity index (χ2n) is 7.96. The summed E-state index contributed by atoms with van der Waals surface area (Å²) in [4.78, 5) is 22.0. The van der Waals surface area contributed by atoms with Crippen LogP contribution in [-0.4, -0.2) is 11.6 Å². The molecule has 3 aromatic carbocycles. The lowest BCUT2D eigenvalue weighted by Gasteiger charge is -2.13. The van der Waals surface area contributed by atoms with Crippen LogP contribution < -0.4 is 0 Å². The van der Waals surface area contributed by atoms with Gasteiger partial charge in [0.25, 0.3) is 0 Å². The summed E-state index contributed by atoms with van der Waals surface area (Å²) in [6.45, 7) is 12.0. The van der Waals surface area contributed by atoms with Crippen LogP contribution in [0.15, 0.2) is 84.9 Å². The second kappa shape index (κ2) is 18.7. The summed E-state index contributed by atoms with van der Waals surface area (Å²) in [6.07, 6.45) is 11.9. The molecular formula is C35H44O2. The lowest BCUT2D eigenvalue weighted by Crippen LogP contribution is -2.12. The Bertz CT molecular complexity index is 1150. The SMILES string of the molecule is C1=Cc2ccccc2C1.CC.CC.CC.O=C1C=Cc2ccccc2C1.O=C1CCc2ccccc2C1. The van der Waals surface area contributed by atoms with Gasteiger partial charge >= 0.3 is 0 Å². The zero-order valence-corrected chi connectivity index (χ0v) is 23.6. The first kappa shape index (κ1) is 31.5. The van der Waals surface area contributed by atoms with E-state index in [2.05, 4.69) is 42.5 Å². The molecule has 0 spiro atoms. The van der Waals surface area contributed by atoms with Crippen molar-refractivity contribution in [3.05, 3.63) is 118 Å². The number of carbonyl (C=O) groups is 2. The molecule has 0 heterocycles. The number of rotatable bonds is 0. The minimum atomic E-state index is 0.198. The molecule has 0 aliphatic heterocycles. The Morgan fingerprint density at radius 1 is 0.486 bits per heavy atom. The van der Waals surface area contributed by atoms with Crippen LogP contribution in [0, 0.1) is 0 Å². The molecule has 3 aliphatic rings. The molecule has 0 N–H and O–H groups in total. The van der Waals surface area contributed by atoms with Gasteiger partial charge in [0.05, 0.1) is 0 Å². The topological polar surface area (TPSA) is 34.1 Å². The predicted molar refractivity (Wildman–Crippen MR) is 161 cm³/mol. The van der Waals surface area contributed by atoms with E-state index in [1.165, 1.54) is 27.8 Å². The largest absolute Gasteiger partial charge is 0.299 e. The van der Waals surface area contributed by atoms with Crippen molar-refractivity contribution in [2.24, 2.45) is 0 Å². The fraction of sp³-hybridized carbons (Fsp3) is 0.314. The van der Waals surface area contributed by atoms with E-state index in [0.29, 0.717) is 18.6 Å². The first-order chi connectivity index (χ1) is 18.2. The van der Waals surface area contributed by atoms with Crippen LogP contribution >= 0.6 is 0 Å². The van der Waals surface area contributed by atoms with E-state index < -0.39 is 0 Å². The highest BCUT2D eigenvalue weighted by molar-refractivity contribution is 5.98. The molecule has 0 saturated carbocycles. The molecule has 0 saturated heterocycles. The van der Waals surface area contributed by atoms with Gasteiger partial charge in [0.15, 0.2) is 5.78 Å². The smallest absolute Gasteiger partial charge is 0.160 e. The molecular weight excluding hydrogens is 452 g/mol. The monoisotopic (exact) mass is 496 g/mol. The van der Waals surface area contributed by atoms with Gasteiger partial charge in [-0.1, -0.05) is 133 Å². The van der Waals surface area contributed by atoms with Gasteiger partial charge in [0, 0.05) is 19.3 Å². The van der Waals surface area contributed by atoms with Crippen molar-refractivity contribution < 1.29 is 9.59 Å². The van der Waals surface area contributed by atoms with Crippen molar-refractivity contribution in [3.8, 4) is 0 Å². The molecule has 3 aliphatic carbocycles. The molecule has 0 fully saturated rings. The molecule has 196 valence electrons. The van der Waals surface area contributed by atoms with Crippen molar-refractivity contribution in [1.82, 2.24) is 0 Å². The number of carbonyl (C=O) groups excluding carboxylic acids is 2.